The van der Waals surface area contributed by atoms with E-state index in [1.807, 2.05) is 91.0 Å². The number of benzene rings is 6. The molecule has 0 radical (unpaired) electrons. The van der Waals surface area contributed by atoms with Crippen molar-refractivity contribution in [2.24, 2.45) is 0 Å². The molecule has 8 rings (SSSR count). The smallest absolute Gasteiger partial charge is 0.164 e. The molecule has 4 heteroatoms. The summed E-state index contributed by atoms with van der Waals surface area (Å²) in [5.41, 5.74) is 4.79. The Labute approximate surface area is 243 Å². The molecule has 41 heavy (non-hydrogen) atoms. The highest BCUT2D eigenvalue weighted by Gasteiger charge is 2.20. The fourth-order valence-corrected chi connectivity index (χ4v) is 5.37. The summed E-state index contributed by atoms with van der Waals surface area (Å²) in [4.78, 5) is 14.4. The summed E-state index contributed by atoms with van der Waals surface area (Å²) >= 11 is 0. The van der Waals surface area contributed by atoms with Crippen molar-refractivity contribution in [1.29, 1.82) is 0 Å². The third-order valence-electron chi connectivity index (χ3n) is 7.22. The topological polar surface area (TPSA) is 51.8 Å². The Balaban J connectivity index is 1.51. The molecular weight excluding hydrogens is 502 g/mol. The fourth-order valence-electron chi connectivity index (χ4n) is 5.37. The normalized spacial score (nSPS) is 13.1. The Morgan fingerprint density at radius 1 is 0.488 bits per heavy atom. The highest BCUT2D eigenvalue weighted by Crippen LogP contribution is 2.43. The highest BCUT2D eigenvalue weighted by molar-refractivity contribution is 6.22. The quantitative estimate of drug-likeness (QED) is 0.227. The van der Waals surface area contributed by atoms with Gasteiger partial charge in [0, 0.05) is 32.8 Å². The van der Waals surface area contributed by atoms with E-state index in [1.54, 1.807) is 0 Å². The lowest BCUT2D eigenvalue weighted by atomic mass is 9.93. The van der Waals surface area contributed by atoms with Crippen LogP contribution in [0, 0.1) is 0 Å². The van der Waals surface area contributed by atoms with Gasteiger partial charge in [-0.3, -0.25) is 0 Å². The second kappa shape index (κ2) is 9.54. The molecule has 0 aliphatic rings. The maximum atomic E-state index is 8.67. The van der Waals surface area contributed by atoms with E-state index in [4.69, 9.17) is 21.2 Å². The van der Waals surface area contributed by atoms with Crippen LogP contribution >= 0.6 is 0 Å². The highest BCUT2D eigenvalue weighted by atomic mass is 16.3. The number of fused-ring (bicyclic) bond motifs is 5. The number of furan rings is 1. The second-order valence-corrected chi connectivity index (χ2v) is 9.67. The van der Waals surface area contributed by atoms with Crippen molar-refractivity contribution in [2.45, 2.75) is 0 Å². The zero-order chi connectivity index (χ0) is 31.5. The minimum absolute atomic E-state index is 0.00892. The predicted molar refractivity (Wildman–Crippen MR) is 166 cm³/mol. The van der Waals surface area contributed by atoms with Gasteiger partial charge < -0.3 is 4.42 Å². The molecule has 192 valence electrons. The lowest BCUT2D eigenvalue weighted by Crippen LogP contribution is -2.00. The van der Waals surface area contributed by atoms with E-state index < -0.39 is 18.1 Å². The molecular formula is C37H23N3O. The van der Waals surface area contributed by atoms with Crippen molar-refractivity contribution in [3.63, 3.8) is 0 Å². The SMILES string of the molecule is [2H]c1c([2H])c([2H])c(-c2nc(-c3ccccc3)nc(-c3cc4c5ccccc5oc4c4c(-c5ccccc5)cccc34)n2)c([2H])c1[2H]. The van der Waals surface area contributed by atoms with E-state index in [2.05, 4.69) is 23.2 Å². The van der Waals surface area contributed by atoms with Crippen LogP contribution in [0.1, 0.15) is 6.85 Å². The first-order valence-corrected chi connectivity index (χ1v) is 13.2. The first-order chi connectivity index (χ1) is 22.4. The van der Waals surface area contributed by atoms with Gasteiger partial charge >= 0.3 is 0 Å². The summed E-state index contributed by atoms with van der Waals surface area (Å²) in [6, 6.07) is 33.2. The van der Waals surface area contributed by atoms with Crippen molar-refractivity contribution in [2.75, 3.05) is 0 Å². The van der Waals surface area contributed by atoms with Gasteiger partial charge in [-0.2, -0.15) is 0 Å². The number of para-hydroxylation sites is 1. The Morgan fingerprint density at radius 2 is 1.12 bits per heavy atom. The predicted octanol–water partition coefficient (Wildman–Crippen LogP) is 9.59. The van der Waals surface area contributed by atoms with Gasteiger partial charge in [-0.1, -0.05) is 127 Å². The number of aromatic nitrogens is 3. The maximum Gasteiger partial charge on any atom is 0.164 e. The van der Waals surface area contributed by atoms with Gasteiger partial charge in [0.05, 0.1) is 6.85 Å². The zero-order valence-corrected chi connectivity index (χ0v) is 21.6. The molecule has 0 aliphatic carbocycles. The van der Waals surface area contributed by atoms with Crippen molar-refractivity contribution in [1.82, 2.24) is 15.0 Å². The van der Waals surface area contributed by atoms with Crippen molar-refractivity contribution in [3.8, 4) is 45.3 Å². The van der Waals surface area contributed by atoms with Crippen LogP contribution in [-0.4, -0.2) is 15.0 Å². The van der Waals surface area contributed by atoms with Crippen LogP contribution < -0.4 is 0 Å². The van der Waals surface area contributed by atoms with Gasteiger partial charge in [-0.15, -0.1) is 0 Å². The summed E-state index contributed by atoms with van der Waals surface area (Å²) < 4.78 is 48.5. The van der Waals surface area contributed by atoms with Gasteiger partial charge in [0.15, 0.2) is 17.5 Å². The van der Waals surface area contributed by atoms with Gasteiger partial charge in [0.25, 0.3) is 0 Å². The summed E-state index contributed by atoms with van der Waals surface area (Å²) in [5, 5.41) is 3.55. The minimum atomic E-state index is -0.479. The van der Waals surface area contributed by atoms with E-state index >= 15 is 0 Å². The summed E-state index contributed by atoms with van der Waals surface area (Å²) in [7, 11) is 0. The number of nitrogens with zero attached hydrogens (tertiary/aromatic N) is 3. The first-order valence-electron chi connectivity index (χ1n) is 15.7. The molecule has 8 aromatic rings. The van der Waals surface area contributed by atoms with Gasteiger partial charge in [-0.05, 0) is 28.6 Å². The summed E-state index contributed by atoms with van der Waals surface area (Å²) in [6.45, 7) is 0. The molecule has 6 aromatic carbocycles. The van der Waals surface area contributed by atoms with Crippen LogP contribution in [0.5, 0.6) is 0 Å². The standard InChI is InChI=1S/C37H23N3O/c1-4-13-24(14-5-1)27-20-12-21-29-31(23-30-28-19-10-11-22-32(28)41-34(30)33(27)29)37-39-35(25-15-6-2-7-16-25)38-36(40-37)26-17-8-3-9-18-26/h1-23H/i2D,6D,7D,15D,16D. The van der Waals surface area contributed by atoms with Crippen molar-refractivity contribution >= 4 is 32.7 Å². The third-order valence-corrected chi connectivity index (χ3v) is 7.22. The molecule has 0 unspecified atom stereocenters. The average Bonchev–Trinajstić information content (AvgIpc) is 3.49. The molecule has 4 nitrogen and oxygen atoms in total. The number of hydrogen-bond donors (Lipinski definition) is 0. The van der Waals surface area contributed by atoms with Crippen LogP contribution in [-0.2, 0) is 0 Å². The largest absolute Gasteiger partial charge is 0.455 e. The van der Waals surface area contributed by atoms with E-state index in [9.17, 15) is 0 Å². The Hall–Kier alpha value is -5.61. The van der Waals surface area contributed by atoms with E-state index in [1.165, 1.54) is 0 Å². The minimum Gasteiger partial charge on any atom is -0.455 e. The first kappa shape index (κ1) is 18.6. The third kappa shape index (κ3) is 3.97. The maximum absolute atomic E-state index is 8.67. The van der Waals surface area contributed by atoms with Crippen LogP contribution in [0.25, 0.3) is 78.0 Å². The zero-order valence-electron chi connectivity index (χ0n) is 26.6. The molecule has 0 amide bonds. The van der Waals surface area contributed by atoms with Gasteiger partial charge in [-0.25, -0.2) is 15.0 Å². The van der Waals surface area contributed by atoms with Crippen LogP contribution in [0.4, 0.5) is 0 Å². The molecule has 0 atom stereocenters. The van der Waals surface area contributed by atoms with Crippen molar-refractivity contribution < 1.29 is 11.3 Å². The van der Waals surface area contributed by atoms with Crippen LogP contribution in [0.3, 0.4) is 0 Å². The lowest BCUT2D eigenvalue weighted by molar-refractivity contribution is 0.673. The van der Waals surface area contributed by atoms with Crippen molar-refractivity contribution in [3.05, 3.63) is 139 Å². The Bertz CT molecular complexity index is 2450. The molecule has 0 saturated carbocycles. The lowest BCUT2D eigenvalue weighted by Gasteiger charge is -2.13. The van der Waals surface area contributed by atoms with Crippen LogP contribution in [0.15, 0.2) is 144 Å². The fraction of sp³-hybridized carbons (Fsp3) is 0. The van der Waals surface area contributed by atoms with E-state index in [-0.39, 0.29) is 23.5 Å². The molecule has 2 heterocycles. The number of rotatable bonds is 4. The molecule has 0 fully saturated rings. The van der Waals surface area contributed by atoms with E-state index in [0.717, 1.165) is 43.8 Å². The molecule has 2 aromatic heterocycles. The molecule has 0 saturated heterocycles. The molecule has 0 spiro atoms. The van der Waals surface area contributed by atoms with Crippen LogP contribution in [0.2, 0.25) is 0 Å². The second-order valence-electron chi connectivity index (χ2n) is 9.67. The number of hydrogen-bond acceptors (Lipinski definition) is 4. The molecule has 0 bridgehead atoms. The summed E-state index contributed by atoms with van der Waals surface area (Å²) in [6.07, 6.45) is 0. The van der Waals surface area contributed by atoms with E-state index in [0.29, 0.717) is 22.8 Å². The van der Waals surface area contributed by atoms with Gasteiger partial charge in [0.1, 0.15) is 11.2 Å². The molecule has 0 N–H and O–H groups in total. The van der Waals surface area contributed by atoms with Gasteiger partial charge in [0.2, 0.25) is 0 Å². The monoisotopic (exact) mass is 530 g/mol. The molecule has 0 aliphatic heterocycles. The Morgan fingerprint density at radius 3 is 1.90 bits per heavy atom. The average molecular weight is 531 g/mol. The summed E-state index contributed by atoms with van der Waals surface area (Å²) in [5.74, 6) is 0.611. The Kier molecular flexibility index (Phi) is 4.34.